The smallest absolute Gasteiger partial charge is 0.343 e. The number of ether oxygens (including phenoxy) is 2. The van der Waals surface area contributed by atoms with Crippen LogP contribution in [0, 0.1) is 0 Å². The molecule has 3 heterocycles. The number of carbonyl (C=O) groups excluding carboxylic acids is 1. The highest BCUT2D eigenvalue weighted by atomic mass is 16.5. The topological polar surface area (TPSA) is 103 Å². The molecule has 8 heteroatoms. The minimum Gasteiger partial charge on any atom is -0.462 e. The van der Waals surface area contributed by atoms with Crippen LogP contribution in [0.25, 0.3) is 22.0 Å². The van der Waals surface area contributed by atoms with E-state index < -0.39 is 5.97 Å². The van der Waals surface area contributed by atoms with Gasteiger partial charge in [0.05, 0.1) is 31.9 Å². The molecule has 2 aromatic heterocycles. The van der Waals surface area contributed by atoms with Gasteiger partial charge in [-0.3, -0.25) is 4.79 Å². The Kier molecular flexibility index (Phi) is 5.40. The van der Waals surface area contributed by atoms with E-state index in [1.54, 1.807) is 25.4 Å². The summed E-state index contributed by atoms with van der Waals surface area (Å²) in [5, 5.41) is 12.6. The molecule has 0 amide bonds. The molecule has 0 unspecified atom stereocenters. The fourth-order valence-electron chi connectivity index (χ4n) is 4.32. The molecule has 3 aromatic rings. The number of rotatable bonds is 6. The van der Waals surface area contributed by atoms with Crippen molar-refractivity contribution in [3.8, 4) is 11.1 Å². The first-order chi connectivity index (χ1) is 15.6. The number of aliphatic hydroxyl groups excluding tert-OH is 1. The summed E-state index contributed by atoms with van der Waals surface area (Å²) in [5.74, 6) is 0.0945. The van der Waals surface area contributed by atoms with Crippen LogP contribution in [0.2, 0.25) is 0 Å². The van der Waals surface area contributed by atoms with Gasteiger partial charge in [0.2, 0.25) is 5.43 Å². The Bertz CT molecular complexity index is 1260. The normalized spacial score (nSPS) is 15.1. The molecule has 1 aromatic carbocycles. The largest absolute Gasteiger partial charge is 0.462 e. The van der Waals surface area contributed by atoms with E-state index >= 15 is 0 Å². The Labute approximate surface area is 184 Å². The lowest BCUT2D eigenvalue weighted by molar-refractivity contribution is 0.0524. The van der Waals surface area contributed by atoms with Gasteiger partial charge in [-0.25, -0.2) is 9.78 Å². The lowest BCUT2D eigenvalue weighted by atomic mass is 9.95. The third kappa shape index (κ3) is 3.55. The fraction of sp³-hybridized carbons (Fsp3) is 0.375. The molecule has 8 nitrogen and oxygen atoms in total. The Morgan fingerprint density at radius 2 is 2.16 bits per heavy atom. The lowest BCUT2D eigenvalue weighted by Crippen LogP contribution is -2.21. The third-order valence-corrected chi connectivity index (χ3v) is 5.94. The molecular weight excluding hydrogens is 410 g/mol. The van der Waals surface area contributed by atoms with E-state index in [1.165, 1.54) is 0 Å². The monoisotopic (exact) mass is 435 g/mol. The summed E-state index contributed by atoms with van der Waals surface area (Å²) in [6.07, 6.45) is 5.47. The number of benzene rings is 1. The average Bonchev–Trinajstić information content (AvgIpc) is 3.64. The van der Waals surface area contributed by atoms with Crippen molar-refractivity contribution in [1.82, 2.24) is 9.55 Å². The summed E-state index contributed by atoms with van der Waals surface area (Å²) < 4.78 is 13.2. The van der Waals surface area contributed by atoms with Crippen LogP contribution >= 0.6 is 0 Å². The van der Waals surface area contributed by atoms with Crippen molar-refractivity contribution in [2.24, 2.45) is 0 Å². The molecule has 0 atom stereocenters. The number of nitrogens with one attached hydrogen (secondary N) is 1. The second-order valence-electron chi connectivity index (χ2n) is 8.09. The van der Waals surface area contributed by atoms with Crippen molar-refractivity contribution in [3.63, 3.8) is 0 Å². The van der Waals surface area contributed by atoms with Crippen LogP contribution in [0.3, 0.4) is 0 Å². The molecule has 5 rings (SSSR count). The average molecular weight is 435 g/mol. The SMILES string of the molecule is CCOC(=O)c1cn(C2CC2)c2c3c(ccc2c1=O)-c1cnc(NCCO)cc1COC3. The van der Waals surface area contributed by atoms with E-state index in [2.05, 4.69) is 14.9 Å². The number of hydrogen-bond donors (Lipinski definition) is 2. The molecule has 1 aliphatic carbocycles. The molecule has 1 fully saturated rings. The highest BCUT2D eigenvalue weighted by molar-refractivity contribution is 5.96. The maximum atomic E-state index is 13.2. The molecule has 1 saturated carbocycles. The first-order valence-corrected chi connectivity index (χ1v) is 10.9. The zero-order valence-electron chi connectivity index (χ0n) is 17.9. The van der Waals surface area contributed by atoms with Crippen LogP contribution in [-0.4, -0.2) is 40.4 Å². The minimum atomic E-state index is -0.586. The summed E-state index contributed by atoms with van der Waals surface area (Å²) in [5.41, 5.74) is 4.42. The van der Waals surface area contributed by atoms with Gasteiger partial charge in [0.15, 0.2) is 0 Å². The summed E-state index contributed by atoms with van der Waals surface area (Å²) in [4.78, 5) is 30.1. The number of aromatic nitrogens is 2. The van der Waals surface area contributed by atoms with Crippen LogP contribution in [-0.2, 0) is 22.7 Å². The van der Waals surface area contributed by atoms with E-state index in [-0.39, 0.29) is 30.2 Å². The van der Waals surface area contributed by atoms with Crippen LogP contribution in [0.15, 0.2) is 35.4 Å². The van der Waals surface area contributed by atoms with Gasteiger partial charge in [-0.15, -0.1) is 0 Å². The number of nitrogens with zero attached hydrogens (tertiary/aromatic N) is 2. The number of esters is 1. The summed E-state index contributed by atoms with van der Waals surface area (Å²) >= 11 is 0. The van der Waals surface area contributed by atoms with Crippen LogP contribution in [0.5, 0.6) is 0 Å². The molecule has 0 radical (unpaired) electrons. The molecule has 0 saturated heterocycles. The maximum absolute atomic E-state index is 13.2. The number of anilines is 1. The molecule has 32 heavy (non-hydrogen) atoms. The fourth-order valence-corrected chi connectivity index (χ4v) is 4.32. The summed E-state index contributed by atoms with van der Waals surface area (Å²) in [7, 11) is 0. The Morgan fingerprint density at radius 1 is 1.31 bits per heavy atom. The first kappa shape index (κ1) is 20.7. The van der Waals surface area contributed by atoms with Gasteiger partial charge in [-0.1, -0.05) is 6.07 Å². The molecule has 166 valence electrons. The standard InChI is InChI=1S/C24H25N3O5/c1-2-32-24(30)19-11-27(15-3-4-15)22-17(23(19)29)6-5-16-18-10-26-21(25-7-8-28)9-14(18)12-31-13-20(16)22/h5-6,9-11,15,28H,2-4,7-8,12-13H2,1H3,(H,25,26). The highest BCUT2D eigenvalue weighted by Crippen LogP contribution is 2.41. The molecule has 0 spiro atoms. The zero-order valence-corrected chi connectivity index (χ0v) is 17.9. The lowest BCUT2D eigenvalue weighted by Gasteiger charge is -2.18. The predicted molar refractivity (Wildman–Crippen MR) is 120 cm³/mol. The van der Waals surface area contributed by atoms with Crippen molar-refractivity contribution in [2.45, 2.75) is 39.0 Å². The summed E-state index contributed by atoms with van der Waals surface area (Å²) in [6, 6.07) is 5.90. The molecular formula is C24H25N3O5. The van der Waals surface area contributed by atoms with Crippen molar-refractivity contribution in [2.75, 3.05) is 25.1 Å². The van der Waals surface area contributed by atoms with Gasteiger partial charge < -0.3 is 24.5 Å². The van der Waals surface area contributed by atoms with Gasteiger partial charge in [0, 0.05) is 41.5 Å². The Morgan fingerprint density at radius 3 is 2.91 bits per heavy atom. The Hall–Kier alpha value is -3.23. The van der Waals surface area contributed by atoms with Gasteiger partial charge in [0.1, 0.15) is 11.4 Å². The van der Waals surface area contributed by atoms with Gasteiger partial charge in [-0.2, -0.15) is 0 Å². The first-order valence-electron chi connectivity index (χ1n) is 10.9. The highest BCUT2D eigenvalue weighted by Gasteiger charge is 2.30. The third-order valence-electron chi connectivity index (χ3n) is 5.94. The van der Waals surface area contributed by atoms with Gasteiger partial charge in [0.25, 0.3) is 0 Å². The predicted octanol–water partition coefficient (Wildman–Crippen LogP) is 3.01. The van der Waals surface area contributed by atoms with E-state index in [0.29, 0.717) is 31.0 Å². The number of hydrogen-bond acceptors (Lipinski definition) is 7. The molecule has 0 bridgehead atoms. The van der Waals surface area contributed by atoms with Crippen molar-refractivity contribution in [1.29, 1.82) is 0 Å². The van der Waals surface area contributed by atoms with Crippen molar-refractivity contribution >= 4 is 22.7 Å². The van der Waals surface area contributed by atoms with Crippen molar-refractivity contribution < 1.29 is 19.4 Å². The molecule has 2 N–H and O–H groups in total. The molecule has 1 aliphatic heterocycles. The van der Waals surface area contributed by atoms with Gasteiger partial charge in [-0.05, 0) is 43.0 Å². The van der Waals surface area contributed by atoms with E-state index in [9.17, 15) is 9.59 Å². The number of fused-ring (bicyclic) bond motifs is 5. The zero-order chi connectivity index (χ0) is 22.2. The second-order valence-corrected chi connectivity index (χ2v) is 8.09. The quantitative estimate of drug-likeness (QED) is 0.574. The van der Waals surface area contributed by atoms with Crippen LogP contribution in [0.1, 0.15) is 47.3 Å². The Balaban J connectivity index is 1.71. The van der Waals surface area contributed by atoms with Crippen LogP contribution in [0.4, 0.5) is 5.82 Å². The molecule has 2 aliphatic rings. The van der Waals surface area contributed by atoms with E-state index in [1.807, 2.05) is 12.1 Å². The second kappa shape index (κ2) is 8.37. The van der Waals surface area contributed by atoms with Crippen LogP contribution < -0.4 is 10.7 Å². The van der Waals surface area contributed by atoms with E-state index in [0.717, 1.165) is 40.6 Å². The van der Waals surface area contributed by atoms with E-state index in [4.69, 9.17) is 14.6 Å². The number of aliphatic hydroxyl groups is 1. The maximum Gasteiger partial charge on any atom is 0.343 e. The number of carbonyl (C=O) groups is 1. The van der Waals surface area contributed by atoms with Crippen molar-refractivity contribution in [3.05, 3.63) is 57.5 Å². The minimum absolute atomic E-state index is 0.0244. The summed E-state index contributed by atoms with van der Waals surface area (Å²) in [6.45, 7) is 3.16. The number of pyridine rings is 2. The van der Waals surface area contributed by atoms with Gasteiger partial charge >= 0.3 is 5.97 Å².